The summed E-state index contributed by atoms with van der Waals surface area (Å²) in [5.41, 5.74) is -2.50. The number of aliphatic hydroxyl groups excluding tert-OH is 4. The smallest absolute Gasteiger partial charge is 0.219 e. The third kappa shape index (κ3) is 2.17. The Morgan fingerprint density at radius 2 is 2.00 bits per heavy atom. The van der Waals surface area contributed by atoms with Crippen molar-refractivity contribution < 1.29 is 35.1 Å². The van der Waals surface area contributed by atoms with Gasteiger partial charge in [0.05, 0.1) is 6.61 Å². The van der Waals surface area contributed by atoms with Gasteiger partial charge in [-0.1, -0.05) is 0 Å². The SMILES string of the molecule is CC(=O)N[C@]1(O)[C@H](O)O[C@H](CO)[C@H](O)[C@@H]1O. The van der Waals surface area contributed by atoms with Crippen LogP contribution in [0.2, 0.25) is 0 Å². The van der Waals surface area contributed by atoms with Gasteiger partial charge in [0.1, 0.15) is 18.3 Å². The molecule has 0 unspecified atom stereocenters. The first-order valence-corrected chi connectivity index (χ1v) is 4.64. The average molecular weight is 237 g/mol. The van der Waals surface area contributed by atoms with Gasteiger partial charge in [-0.15, -0.1) is 0 Å². The molecule has 0 aliphatic carbocycles. The first kappa shape index (κ1) is 13.3. The molecule has 0 aromatic rings. The molecule has 0 spiro atoms. The van der Waals surface area contributed by atoms with Gasteiger partial charge in [0.15, 0.2) is 0 Å². The summed E-state index contributed by atoms with van der Waals surface area (Å²) in [4.78, 5) is 10.8. The highest BCUT2D eigenvalue weighted by Crippen LogP contribution is 2.26. The zero-order valence-electron chi connectivity index (χ0n) is 8.57. The standard InChI is InChI=1S/C8H15NO7/c1-3(11)9-8(15)6(13)5(12)4(2-10)16-7(8)14/h4-7,10,12-15H,2H2,1H3,(H,9,11)/t4-,5+,6+,7-,8-/m1/s1. The highest BCUT2D eigenvalue weighted by atomic mass is 16.6. The lowest BCUT2D eigenvalue weighted by Gasteiger charge is -2.45. The van der Waals surface area contributed by atoms with Crippen LogP contribution in [0, 0.1) is 0 Å². The Hall–Kier alpha value is -0.770. The maximum atomic E-state index is 10.8. The van der Waals surface area contributed by atoms with Crippen molar-refractivity contribution in [2.24, 2.45) is 0 Å². The first-order chi connectivity index (χ1) is 7.32. The zero-order valence-corrected chi connectivity index (χ0v) is 8.57. The largest absolute Gasteiger partial charge is 0.394 e. The molecule has 6 N–H and O–H groups in total. The summed E-state index contributed by atoms with van der Waals surface area (Å²) in [5, 5.41) is 48.8. The van der Waals surface area contributed by atoms with E-state index in [2.05, 4.69) is 4.74 Å². The van der Waals surface area contributed by atoms with Crippen molar-refractivity contribution in [3.63, 3.8) is 0 Å². The monoisotopic (exact) mass is 237 g/mol. The number of carbonyl (C=O) groups excluding carboxylic acids is 1. The fourth-order valence-corrected chi connectivity index (χ4v) is 1.53. The number of carbonyl (C=O) groups is 1. The minimum absolute atomic E-state index is 0.647. The Morgan fingerprint density at radius 1 is 1.44 bits per heavy atom. The Bertz CT molecular complexity index is 273. The fraction of sp³-hybridized carbons (Fsp3) is 0.875. The lowest BCUT2D eigenvalue weighted by Crippen LogP contribution is -2.73. The average Bonchev–Trinajstić information content (AvgIpc) is 2.20. The van der Waals surface area contributed by atoms with Crippen LogP contribution in [0.3, 0.4) is 0 Å². The third-order valence-corrected chi connectivity index (χ3v) is 2.39. The Morgan fingerprint density at radius 3 is 2.44 bits per heavy atom. The minimum atomic E-state index is -2.50. The van der Waals surface area contributed by atoms with E-state index in [1.165, 1.54) is 0 Å². The van der Waals surface area contributed by atoms with Crippen LogP contribution in [-0.2, 0) is 9.53 Å². The van der Waals surface area contributed by atoms with Crippen molar-refractivity contribution in [1.82, 2.24) is 5.32 Å². The Kier molecular flexibility index (Phi) is 3.84. The van der Waals surface area contributed by atoms with Gasteiger partial charge in [-0.2, -0.15) is 0 Å². The number of nitrogens with one attached hydrogen (secondary N) is 1. The molecule has 1 aliphatic rings. The highest BCUT2D eigenvalue weighted by molar-refractivity contribution is 5.73. The second-order valence-electron chi connectivity index (χ2n) is 3.65. The Balaban J connectivity index is 2.90. The molecule has 1 saturated heterocycles. The normalized spacial score (nSPS) is 44.1. The lowest BCUT2D eigenvalue weighted by molar-refractivity contribution is -0.335. The van der Waals surface area contributed by atoms with E-state index in [-0.39, 0.29) is 0 Å². The molecule has 0 aromatic carbocycles. The molecule has 0 aromatic heterocycles. The van der Waals surface area contributed by atoms with Gasteiger partial charge in [0, 0.05) is 6.92 Å². The molecule has 1 aliphatic heterocycles. The maximum absolute atomic E-state index is 10.8. The number of ether oxygens (including phenoxy) is 1. The summed E-state index contributed by atoms with van der Waals surface area (Å²) in [6.07, 6.45) is -6.70. The molecular formula is C8H15NO7. The van der Waals surface area contributed by atoms with Crippen molar-refractivity contribution >= 4 is 5.91 Å². The van der Waals surface area contributed by atoms with Crippen molar-refractivity contribution in [3.05, 3.63) is 0 Å². The van der Waals surface area contributed by atoms with Crippen LogP contribution in [0.1, 0.15) is 6.92 Å². The highest BCUT2D eigenvalue weighted by Gasteiger charge is 2.55. The number of hydrogen-bond acceptors (Lipinski definition) is 7. The number of rotatable bonds is 2. The van der Waals surface area contributed by atoms with E-state index in [1.807, 2.05) is 5.32 Å². The van der Waals surface area contributed by atoms with Crippen molar-refractivity contribution in [1.29, 1.82) is 0 Å². The third-order valence-electron chi connectivity index (χ3n) is 2.39. The summed E-state index contributed by atoms with van der Waals surface area (Å²) in [6.45, 7) is 0.410. The predicted molar refractivity (Wildman–Crippen MR) is 48.7 cm³/mol. The zero-order chi connectivity index (χ0) is 12.5. The molecule has 0 saturated carbocycles. The molecular weight excluding hydrogens is 222 g/mol. The van der Waals surface area contributed by atoms with Crippen LogP contribution in [0.25, 0.3) is 0 Å². The van der Waals surface area contributed by atoms with E-state index in [0.29, 0.717) is 0 Å². The van der Waals surface area contributed by atoms with Gasteiger partial charge >= 0.3 is 0 Å². The summed E-state index contributed by atoms with van der Waals surface area (Å²) in [7, 11) is 0. The lowest BCUT2D eigenvalue weighted by atomic mass is 9.93. The molecule has 1 rings (SSSR count). The van der Waals surface area contributed by atoms with Crippen molar-refractivity contribution in [2.45, 2.75) is 37.3 Å². The van der Waals surface area contributed by atoms with Gasteiger partial charge in [-0.3, -0.25) is 4.79 Å². The summed E-state index contributed by atoms with van der Waals surface area (Å²) in [5.74, 6) is -0.723. The van der Waals surface area contributed by atoms with Crippen LogP contribution in [0.4, 0.5) is 0 Å². The molecule has 0 radical (unpaired) electrons. The fourth-order valence-electron chi connectivity index (χ4n) is 1.53. The molecule has 8 nitrogen and oxygen atoms in total. The molecule has 1 amide bonds. The molecule has 94 valence electrons. The second-order valence-corrected chi connectivity index (χ2v) is 3.65. The van der Waals surface area contributed by atoms with E-state index >= 15 is 0 Å². The summed E-state index contributed by atoms with van der Waals surface area (Å²) >= 11 is 0. The first-order valence-electron chi connectivity index (χ1n) is 4.64. The molecule has 1 fully saturated rings. The Labute approximate surface area is 91.1 Å². The van der Waals surface area contributed by atoms with E-state index in [0.717, 1.165) is 6.92 Å². The molecule has 8 heteroatoms. The molecule has 5 atom stereocenters. The van der Waals surface area contributed by atoms with Crippen LogP contribution in [0.15, 0.2) is 0 Å². The minimum Gasteiger partial charge on any atom is -0.394 e. The predicted octanol–water partition coefficient (Wildman–Crippen LogP) is -3.76. The van der Waals surface area contributed by atoms with Gasteiger partial charge in [-0.05, 0) is 0 Å². The number of amides is 1. The van der Waals surface area contributed by atoms with Gasteiger partial charge in [0.2, 0.25) is 17.9 Å². The van der Waals surface area contributed by atoms with Crippen LogP contribution in [-0.4, -0.2) is 68.4 Å². The number of aliphatic hydroxyl groups is 5. The second kappa shape index (κ2) is 4.62. The summed E-state index contributed by atoms with van der Waals surface area (Å²) in [6, 6.07) is 0. The van der Waals surface area contributed by atoms with Gasteiger partial charge in [-0.25, -0.2) is 0 Å². The van der Waals surface area contributed by atoms with E-state index in [1.54, 1.807) is 0 Å². The van der Waals surface area contributed by atoms with E-state index < -0.39 is 42.8 Å². The van der Waals surface area contributed by atoms with E-state index in [9.17, 15) is 25.2 Å². The molecule has 1 heterocycles. The molecule has 0 bridgehead atoms. The summed E-state index contributed by atoms with van der Waals surface area (Å²) < 4.78 is 4.67. The topological polar surface area (TPSA) is 139 Å². The van der Waals surface area contributed by atoms with E-state index in [4.69, 9.17) is 5.11 Å². The van der Waals surface area contributed by atoms with Gasteiger partial charge < -0.3 is 35.6 Å². The van der Waals surface area contributed by atoms with Crippen LogP contribution in [0.5, 0.6) is 0 Å². The molecule has 16 heavy (non-hydrogen) atoms. The van der Waals surface area contributed by atoms with Crippen molar-refractivity contribution in [2.75, 3.05) is 6.61 Å². The van der Waals surface area contributed by atoms with Gasteiger partial charge in [0.25, 0.3) is 0 Å². The van der Waals surface area contributed by atoms with Crippen molar-refractivity contribution in [3.8, 4) is 0 Å². The van der Waals surface area contributed by atoms with Crippen LogP contribution >= 0.6 is 0 Å². The van der Waals surface area contributed by atoms with Crippen LogP contribution < -0.4 is 5.32 Å². The maximum Gasteiger partial charge on any atom is 0.219 e. The quantitative estimate of drug-likeness (QED) is 0.271. The number of hydrogen-bond donors (Lipinski definition) is 6.